The molecule has 0 radical (unpaired) electrons. The topological polar surface area (TPSA) is 59.5 Å². The van der Waals surface area contributed by atoms with Gasteiger partial charge in [0.1, 0.15) is 11.5 Å². The van der Waals surface area contributed by atoms with E-state index in [4.69, 9.17) is 20.5 Å². The predicted molar refractivity (Wildman–Crippen MR) is 113 cm³/mol. The summed E-state index contributed by atoms with van der Waals surface area (Å²) in [5, 5.41) is 5.50. The highest BCUT2D eigenvalue weighted by Crippen LogP contribution is 2.31. The Balaban J connectivity index is 1.38. The van der Waals surface area contributed by atoms with Gasteiger partial charge in [-0.3, -0.25) is 4.79 Å². The van der Waals surface area contributed by atoms with Gasteiger partial charge in [0.05, 0.1) is 5.02 Å². The van der Waals surface area contributed by atoms with Crippen molar-refractivity contribution >= 4 is 28.5 Å². The Morgan fingerprint density at radius 2 is 1.93 bits per heavy atom. The van der Waals surface area contributed by atoms with E-state index in [9.17, 15) is 4.79 Å². The van der Waals surface area contributed by atoms with Crippen molar-refractivity contribution in [3.05, 3.63) is 76.7 Å². The molecule has 2 aromatic heterocycles. The van der Waals surface area contributed by atoms with Crippen LogP contribution in [0.2, 0.25) is 5.02 Å². The van der Waals surface area contributed by atoms with E-state index in [0.29, 0.717) is 29.3 Å². The monoisotopic (exact) mass is 408 g/mol. The summed E-state index contributed by atoms with van der Waals surface area (Å²) in [6.45, 7) is 2.45. The van der Waals surface area contributed by atoms with Gasteiger partial charge in [-0.25, -0.2) is 0 Å². The number of hydrogen-bond acceptors (Lipinski definition) is 4. The molecule has 0 aliphatic carbocycles. The first-order valence-electron chi connectivity index (χ1n) is 9.48. The van der Waals surface area contributed by atoms with Crippen LogP contribution in [0.1, 0.15) is 28.3 Å². The van der Waals surface area contributed by atoms with Gasteiger partial charge in [0.2, 0.25) is 0 Å². The molecule has 0 saturated carbocycles. The number of para-hydroxylation sites is 1. The van der Waals surface area contributed by atoms with Crippen LogP contribution in [-0.2, 0) is 6.42 Å². The van der Waals surface area contributed by atoms with Gasteiger partial charge in [0, 0.05) is 42.6 Å². The summed E-state index contributed by atoms with van der Waals surface area (Å²) in [5.41, 5.74) is 3.20. The Morgan fingerprint density at radius 3 is 2.69 bits per heavy atom. The molecule has 0 bridgehead atoms. The minimum atomic E-state index is -0.155. The van der Waals surface area contributed by atoms with Gasteiger partial charge in [-0.05, 0) is 19.4 Å². The van der Waals surface area contributed by atoms with Crippen molar-refractivity contribution in [2.24, 2.45) is 0 Å². The van der Waals surface area contributed by atoms with Crippen LogP contribution < -0.4 is 0 Å². The van der Waals surface area contributed by atoms with Crippen molar-refractivity contribution in [2.75, 3.05) is 13.6 Å². The quantitative estimate of drug-likeness (QED) is 0.407. The van der Waals surface area contributed by atoms with Gasteiger partial charge in [0.15, 0.2) is 11.3 Å². The maximum atomic E-state index is 12.8. The van der Waals surface area contributed by atoms with Crippen LogP contribution in [0, 0.1) is 6.92 Å². The molecule has 0 aliphatic rings. The van der Waals surface area contributed by atoms with Crippen LogP contribution >= 0.6 is 11.6 Å². The fraction of sp³-hybridized carbons (Fsp3) is 0.217. The first kappa shape index (κ1) is 19.3. The number of aromatic nitrogens is 1. The normalized spacial score (nSPS) is 11.1. The van der Waals surface area contributed by atoms with Gasteiger partial charge in [0.25, 0.3) is 5.91 Å². The Bertz CT molecular complexity index is 1150. The number of aryl methyl sites for hydroxylation is 2. The van der Waals surface area contributed by atoms with E-state index in [1.54, 1.807) is 18.0 Å². The lowest BCUT2D eigenvalue weighted by molar-refractivity contribution is 0.0763. The van der Waals surface area contributed by atoms with Crippen molar-refractivity contribution in [1.82, 2.24) is 10.1 Å². The molecule has 2 aromatic carbocycles. The lowest BCUT2D eigenvalue weighted by atomic mass is 10.1. The van der Waals surface area contributed by atoms with Gasteiger partial charge in [-0.2, -0.15) is 0 Å². The molecular formula is C23H21ClN2O3. The summed E-state index contributed by atoms with van der Waals surface area (Å²) in [6.07, 6.45) is 1.45. The van der Waals surface area contributed by atoms with Crippen LogP contribution in [0.4, 0.5) is 0 Å². The second-order valence-corrected chi connectivity index (χ2v) is 7.45. The second-order valence-electron chi connectivity index (χ2n) is 7.05. The Kier molecular flexibility index (Phi) is 5.41. The number of halogens is 1. The molecule has 6 heteroatoms. The van der Waals surface area contributed by atoms with Crippen molar-refractivity contribution in [3.8, 4) is 11.3 Å². The standard InChI is InChI=1S/C23H21ClN2O3/c1-15-18-11-6-12-19(24)22(18)28-21(15)23(27)26(2)13-7-10-17-14-20(25-29-17)16-8-4-3-5-9-16/h3-6,8-9,11-12,14H,7,10,13H2,1-2H3. The Hall–Kier alpha value is -3.05. The number of nitrogens with zero attached hydrogens (tertiary/aromatic N) is 2. The number of benzene rings is 2. The summed E-state index contributed by atoms with van der Waals surface area (Å²) >= 11 is 6.19. The van der Waals surface area contributed by atoms with E-state index in [-0.39, 0.29) is 5.91 Å². The SMILES string of the molecule is Cc1c(C(=O)N(C)CCCc2cc(-c3ccccc3)no2)oc2c(Cl)cccc12. The lowest BCUT2D eigenvalue weighted by Gasteiger charge is -2.15. The molecule has 0 fully saturated rings. The summed E-state index contributed by atoms with van der Waals surface area (Å²) in [6, 6.07) is 17.4. The summed E-state index contributed by atoms with van der Waals surface area (Å²) < 4.78 is 11.2. The molecule has 29 heavy (non-hydrogen) atoms. The molecule has 4 rings (SSSR count). The van der Waals surface area contributed by atoms with Crippen LogP contribution in [0.5, 0.6) is 0 Å². The number of carbonyl (C=O) groups is 1. The van der Waals surface area contributed by atoms with E-state index >= 15 is 0 Å². The molecule has 0 aliphatic heterocycles. The van der Waals surface area contributed by atoms with Crippen LogP contribution in [0.15, 0.2) is 63.5 Å². The van der Waals surface area contributed by atoms with E-state index in [1.165, 1.54) is 0 Å². The molecule has 0 spiro atoms. The minimum Gasteiger partial charge on any atom is -0.449 e. The molecule has 0 atom stereocenters. The zero-order chi connectivity index (χ0) is 20.4. The summed E-state index contributed by atoms with van der Waals surface area (Å²) in [4.78, 5) is 14.5. The molecule has 1 amide bonds. The number of carbonyl (C=O) groups excluding carboxylic acids is 1. The first-order chi connectivity index (χ1) is 14.0. The third-order valence-corrected chi connectivity index (χ3v) is 5.30. The molecule has 5 nitrogen and oxygen atoms in total. The van der Waals surface area contributed by atoms with Gasteiger partial charge in [-0.15, -0.1) is 0 Å². The van der Waals surface area contributed by atoms with Crippen LogP contribution in [0.3, 0.4) is 0 Å². The second kappa shape index (κ2) is 8.13. The average Bonchev–Trinajstić information content (AvgIpc) is 3.34. The number of amides is 1. The number of furan rings is 1. The highest BCUT2D eigenvalue weighted by atomic mass is 35.5. The van der Waals surface area contributed by atoms with Gasteiger partial charge < -0.3 is 13.8 Å². The third kappa shape index (κ3) is 3.91. The molecule has 0 N–H and O–H groups in total. The highest BCUT2D eigenvalue weighted by molar-refractivity contribution is 6.35. The number of hydrogen-bond donors (Lipinski definition) is 0. The maximum Gasteiger partial charge on any atom is 0.289 e. The van der Waals surface area contributed by atoms with E-state index in [0.717, 1.165) is 34.4 Å². The molecule has 0 saturated heterocycles. The van der Waals surface area contributed by atoms with E-state index in [1.807, 2.05) is 55.5 Å². The minimum absolute atomic E-state index is 0.155. The summed E-state index contributed by atoms with van der Waals surface area (Å²) in [7, 11) is 1.77. The number of rotatable bonds is 6. The predicted octanol–water partition coefficient (Wildman–Crippen LogP) is 5.75. The fourth-order valence-electron chi connectivity index (χ4n) is 3.35. The van der Waals surface area contributed by atoms with Crippen LogP contribution in [-0.4, -0.2) is 29.6 Å². The highest BCUT2D eigenvalue weighted by Gasteiger charge is 2.22. The Labute approximate surface area is 173 Å². The molecular weight excluding hydrogens is 388 g/mol. The zero-order valence-corrected chi connectivity index (χ0v) is 17.1. The fourth-order valence-corrected chi connectivity index (χ4v) is 3.57. The van der Waals surface area contributed by atoms with Crippen LogP contribution in [0.25, 0.3) is 22.2 Å². The third-order valence-electron chi connectivity index (χ3n) is 5.00. The summed E-state index contributed by atoms with van der Waals surface area (Å²) in [5.74, 6) is 0.982. The smallest absolute Gasteiger partial charge is 0.289 e. The van der Waals surface area contributed by atoms with E-state index in [2.05, 4.69) is 5.16 Å². The Morgan fingerprint density at radius 1 is 1.14 bits per heavy atom. The lowest BCUT2D eigenvalue weighted by Crippen LogP contribution is -2.28. The first-order valence-corrected chi connectivity index (χ1v) is 9.86. The van der Waals surface area contributed by atoms with Gasteiger partial charge in [-0.1, -0.05) is 59.2 Å². The van der Waals surface area contributed by atoms with Crippen molar-refractivity contribution in [1.29, 1.82) is 0 Å². The van der Waals surface area contributed by atoms with Crippen molar-refractivity contribution in [2.45, 2.75) is 19.8 Å². The molecule has 2 heterocycles. The zero-order valence-electron chi connectivity index (χ0n) is 16.3. The van der Waals surface area contributed by atoms with Crippen molar-refractivity contribution < 1.29 is 13.7 Å². The average molecular weight is 409 g/mol. The maximum absolute atomic E-state index is 12.8. The van der Waals surface area contributed by atoms with Crippen molar-refractivity contribution in [3.63, 3.8) is 0 Å². The molecule has 148 valence electrons. The van der Waals surface area contributed by atoms with E-state index < -0.39 is 0 Å². The molecule has 0 unspecified atom stereocenters. The molecule has 4 aromatic rings. The largest absolute Gasteiger partial charge is 0.449 e. The van der Waals surface area contributed by atoms with Gasteiger partial charge >= 0.3 is 0 Å². The number of fused-ring (bicyclic) bond motifs is 1.